The molecule has 0 aromatic heterocycles. The van der Waals surface area contributed by atoms with Gasteiger partial charge in [0.1, 0.15) is 11.9 Å². The summed E-state index contributed by atoms with van der Waals surface area (Å²) in [6.45, 7) is 12.3. The predicted molar refractivity (Wildman–Crippen MR) is 127 cm³/mol. The second-order valence-corrected chi connectivity index (χ2v) is 14.0. The average Bonchev–Trinajstić information content (AvgIpc) is 2.69. The van der Waals surface area contributed by atoms with E-state index in [0.29, 0.717) is 13.0 Å². The molecule has 0 spiro atoms. The molecule has 0 aliphatic carbocycles. The number of rotatable bonds is 8. The van der Waals surface area contributed by atoms with Crippen LogP contribution in [0, 0.1) is 0 Å². The van der Waals surface area contributed by atoms with Crippen LogP contribution in [0.2, 0.25) is 5.04 Å². The van der Waals surface area contributed by atoms with Crippen molar-refractivity contribution in [2.24, 2.45) is 0 Å². The molecule has 2 rings (SSSR count). The van der Waals surface area contributed by atoms with Gasteiger partial charge in [0.05, 0.1) is 6.04 Å². The molecule has 0 aliphatic heterocycles. The van der Waals surface area contributed by atoms with E-state index in [0.717, 1.165) is 6.29 Å². The molecule has 6 heteroatoms. The van der Waals surface area contributed by atoms with Crippen LogP contribution in [0.3, 0.4) is 0 Å². The topological polar surface area (TPSA) is 64.6 Å². The fraction of sp³-hybridized carbons (Fsp3) is 0.440. The Kier molecular flexibility index (Phi) is 8.20. The molecule has 2 aromatic rings. The number of carbonyl (C=O) groups excluding carboxylic acids is 2. The second kappa shape index (κ2) is 10.2. The van der Waals surface area contributed by atoms with Gasteiger partial charge in [-0.2, -0.15) is 0 Å². The van der Waals surface area contributed by atoms with Crippen LogP contribution in [-0.2, 0) is 14.0 Å². The van der Waals surface area contributed by atoms with Gasteiger partial charge in [0.25, 0.3) is 8.32 Å². The zero-order valence-corrected chi connectivity index (χ0v) is 20.5. The quantitative estimate of drug-likeness (QED) is 0.496. The monoisotopic (exact) mass is 441 g/mol. The summed E-state index contributed by atoms with van der Waals surface area (Å²) < 4.78 is 12.0. The van der Waals surface area contributed by atoms with Gasteiger partial charge in [0.2, 0.25) is 0 Å². The molecule has 0 saturated heterocycles. The van der Waals surface area contributed by atoms with Crippen molar-refractivity contribution in [2.75, 3.05) is 6.61 Å². The van der Waals surface area contributed by atoms with Crippen LogP contribution in [-0.4, -0.2) is 38.9 Å². The first-order chi connectivity index (χ1) is 14.5. The summed E-state index contributed by atoms with van der Waals surface area (Å²) in [4.78, 5) is 23.6. The maximum absolute atomic E-state index is 12.1. The third-order valence-corrected chi connectivity index (χ3v) is 10.1. The summed E-state index contributed by atoms with van der Waals surface area (Å²) in [5, 5.41) is 4.84. The molecule has 1 unspecified atom stereocenters. The summed E-state index contributed by atoms with van der Waals surface area (Å²) in [7, 11) is -2.67. The van der Waals surface area contributed by atoms with E-state index < -0.39 is 26.1 Å². The van der Waals surface area contributed by atoms with Crippen molar-refractivity contribution in [1.29, 1.82) is 0 Å². The maximum Gasteiger partial charge on any atom is 0.408 e. The lowest BCUT2D eigenvalue weighted by Gasteiger charge is -2.43. The summed E-state index contributed by atoms with van der Waals surface area (Å²) in [6.07, 6.45) is 0.501. The van der Waals surface area contributed by atoms with Gasteiger partial charge < -0.3 is 19.3 Å². The maximum atomic E-state index is 12.1. The van der Waals surface area contributed by atoms with Crippen LogP contribution in [0.5, 0.6) is 0 Å². The van der Waals surface area contributed by atoms with Crippen molar-refractivity contribution in [3.63, 3.8) is 0 Å². The largest absolute Gasteiger partial charge is 0.444 e. The molecule has 0 bridgehead atoms. The van der Waals surface area contributed by atoms with Gasteiger partial charge in [-0.3, -0.25) is 0 Å². The highest BCUT2D eigenvalue weighted by Crippen LogP contribution is 2.36. The fourth-order valence-corrected chi connectivity index (χ4v) is 8.31. The van der Waals surface area contributed by atoms with Gasteiger partial charge in [0.15, 0.2) is 0 Å². The first-order valence-electron chi connectivity index (χ1n) is 10.7. The number of ether oxygens (including phenoxy) is 1. The molecule has 0 aliphatic rings. The molecular formula is C25H35NO4Si. The molecule has 0 saturated carbocycles. The smallest absolute Gasteiger partial charge is 0.408 e. The Bertz CT molecular complexity index is 802. The first kappa shape index (κ1) is 24.8. The van der Waals surface area contributed by atoms with Crippen molar-refractivity contribution < 1.29 is 18.8 Å². The molecule has 1 N–H and O–H groups in total. The van der Waals surface area contributed by atoms with E-state index in [-0.39, 0.29) is 5.04 Å². The number of nitrogens with one attached hydrogen (secondary N) is 1. The summed E-state index contributed by atoms with van der Waals surface area (Å²) in [6, 6.07) is 20.0. The Hall–Kier alpha value is -2.44. The van der Waals surface area contributed by atoms with Crippen LogP contribution in [0.25, 0.3) is 0 Å². The molecule has 168 valence electrons. The molecule has 0 fully saturated rings. The van der Waals surface area contributed by atoms with Gasteiger partial charge in [-0.25, -0.2) is 4.79 Å². The Morgan fingerprint density at radius 2 is 1.42 bits per heavy atom. The molecular weight excluding hydrogens is 406 g/mol. The number of alkyl carbamates (subject to hydrolysis) is 1. The van der Waals surface area contributed by atoms with E-state index in [1.54, 1.807) is 20.8 Å². The highest BCUT2D eigenvalue weighted by Gasteiger charge is 2.50. The van der Waals surface area contributed by atoms with Crippen molar-refractivity contribution in [2.45, 2.75) is 64.6 Å². The van der Waals surface area contributed by atoms with Crippen molar-refractivity contribution in [3.05, 3.63) is 60.7 Å². The Morgan fingerprint density at radius 3 is 1.81 bits per heavy atom. The van der Waals surface area contributed by atoms with Gasteiger partial charge in [0, 0.05) is 6.61 Å². The molecule has 2 aromatic carbocycles. The number of amides is 1. The lowest BCUT2D eigenvalue weighted by atomic mass is 10.2. The van der Waals surface area contributed by atoms with Gasteiger partial charge >= 0.3 is 6.09 Å². The van der Waals surface area contributed by atoms with E-state index in [1.165, 1.54) is 10.4 Å². The van der Waals surface area contributed by atoms with Gasteiger partial charge in [-0.05, 0) is 42.6 Å². The lowest BCUT2D eigenvalue weighted by molar-refractivity contribution is -0.109. The Labute approximate surface area is 187 Å². The molecule has 5 nitrogen and oxygen atoms in total. The van der Waals surface area contributed by atoms with Gasteiger partial charge in [-0.15, -0.1) is 0 Å². The fourth-order valence-electron chi connectivity index (χ4n) is 3.73. The highest BCUT2D eigenvalue weighted by molar-refractivity contribution is 6.99. The van der Waals surface area contributed by atoms with Crippen LogP contribution in [0.1, 0.15) is 48.0 Å². The standard InChI is InChI=1S/C25H35NO4Si/c1-24(2,3)30-23(28)26-20(19-27)17-18-29-31(25(4,5)6,21-13-9-7-10-14-21)22-15-11-8-12-16-22/h7-16,19-20H,17-18H2,1-6H3,(H,26,28). The number of benzene rings is 2. The van der Waals surface area contributed by atoms with Crippen molar-refractivity contribution in [3.8, 4) is 0 Å². The minimum Gasteiger partial charge on any atom is -0.444 e. The van der Waals surface area contributed by atoms with Crippen molar-refractivity contribution in [1.82, 2.24) is 5.32 Å². The predicted octanol–water partition coefficient (Wildman–Crippen LogP) is 4.05. The number of hydrogen-bond acceptors (Lipinski definition) is 4. The van der Waals surface area contributed by atoms with E-state index in [4.69, 9.17) is 9.16 Å². The van der Waals surface area contributed by atoms with Crippen LogP contribution in [0.15, 0.2) is 60.7 Å². The molecule has 31 heavy (non-hydrogen) atoms. The highest BCUT2D eigenvalue weighted by atomic mass is 28.4. The van der Waals surface area contributed by atoms with Crippen molar-refractivity contribution >= 4 is 31.1 Å². The number of aldehydes is 1. The first-order valence-corrected chi connectivity index (χ1v) is 12.6. The van der Waals surface area contributed by atoms with Gasteiger partial charge in [-0.1, -0.05) is 81.4 Å². The molecule has 0 heterocycles. The van der Waals surface area contributed by atoms with E-state index in [2.05, 4.69) is 50.4 Å². The SMILES string of the molecule is CC(C)(C)OC(=O)NC(C=O)CCO[Si](c1ccccc1)(c1ccccc1)C(C)(C)C. The minimum absolute atomic E-state index is 0.148. The minimum atomic E-state index is -2.67. The van der Waals surface area contributed by atoms with Crippen LogP contribution in [0.4, 0.5) is 4.79 Å². The average molecular weight is 442 g/mol. The van der Waals surface area contributed by atoms with Crippen LogP contribution < -0.4 is 15.7 Å². The zero-order valence-electron chi connectivity index (χ0n) is 19.5. The number of carbonyl (C=O) groups is 2. The molecule has 0 radical (unpaired) electrons. The van der Waals surface area contributed by atoms with Crippen LogP contribution >= 0.6 is 0 Å². The Balaban J connectivity index is 2.27. The normalized spacial score (nSPS) is 13.4. The van der Waals surface area contributed by atoms with E-state index in [1.807, 2.05) is 36.4 Å². The number of hydrogen-bond donors (Lipinski definition) is 1. The third kappa shape index (κ3) is 6.52. The lowest BCUT2D eigenvalue weighted by Crippen LogP contribution is -2.66. The molecule has 1 amide bonds. The summed E-state index contributed by atoms with van der Waals surface area (Å²) in [5.74, 6) is 0. The zero-order chi connectivity index (χ0) is 23.1. The van der Waals surface area contributed by atoms with E-state index >= 15 is 0 Å². The summed E-state index contributed by atoms with van der Waals surface area (Å²) in [5.41, 5.74) is -0.622. The van der Waals surface area contributed by atoms with E-state index in [9.17, 15) is 9.59 Å². The summed E-state index contributed by atoms with van der Waals surface area (Å²) >= 11 is 0. The Morgan fingerprint density at radius 1 is 0.935 bits per heavy atom. The second-order valence-electron chi connectivity index (χ2n) is 9.69. The molecule has 1 atom stereocenters. The third-order valence-electron chi connectivity index (χ3n) is 5.03.